The Labute approximate surface area is 498 Å². The number of rotatable bonds is 60. The van der Waals surface area contributed by atoms with Gasteiger partial charge in [0.1, 0.15) is 24.4 Å². The summed E-state index contributed by atoms with van der Waals surface area (Å²) in [5, 5.41) is 57.1. The molecular formula is C70H131NO10. The molecular weight excluding hydrogens is 1010 g/mol. The molecule has 81 heavy (non-hydrogen) atoms. The molecule has 0 spiro atoms. The summed E-state index contributed by atoms with van der Waals surface area (Å²) in [7, 11) is 0. The van der Waals surface area contributed by atoms with Crippen LogP contribution in [0.25, 0.3) is 0 Å². The fourth-order valence-corrected chi connectivity index (χ4v) is 11.0. The Morgan fingerprint density at radius 1 is 0.481 bits per heavy atom. The van der Waals surface area contributed by atoms with Gasteiger partial charge in [0, 0.05) is 6.42 Å². The quantitative estimate of drug-likeness (QED) is 0.0195. The van der Waals surface area contributed by atoms with Gasteiger partial charge in [-0.05, 0) is 57.8 Å². The topological polar surface area (TPSA) is 175 Å². The second-order valence-electron chi connectivity index (χ2n) is 24.3. The van der Waals surface area contributed by atoms with Crippen molar-refractivity contribution in [3.8, 4) is 0 Å². The van der Waals surface area contributed by atoms with Gasteiger partial charge in [-0.3, -0.25) is 9.59 Å². The number of unbranched alkanes of at least 4 members (excludes halogenated alkanes) is 42. The largest absolute Gasteiger partial charge is 0.454 e. The lowest BCUT2D eigenvalue weighted by atomic mass is 9.99. The van der Waals surface area contributed by atoms with E-state index in [-0.39, 0.29) is 13.0 Å². The highest BCUT2D eigenvalue weighted by molar-refractivity contribution is 5.80. The summed E-state index contributed by atoms with van der Waals surface area (Å²) in [5.74, 6) is -1.18. The maximum Gasteiger partial charge on any atom is 0.306 e. The molecule has 0 saturated carbocycles. The SMILES string of the molecule is CCCCC/C=C\C/C=C\CCCCCCCCCCCCCCCCCC(=O)OC1C(OCC(NC(=O)C(O)CCCCCCCCCCCCCCCCCC)C(O)/C=C/CCCCCCCCCCC)OC(CO)C(O)C1O. The number of esters is 1. The van der Waals surface area contributed by atoms with Crippen molar-refractivity contribution in [2.24, 2.45) is 0 Å². The molecule has 11 heteroatoms. The first kappa shape index (κ1) is 76.9. The van der Waals surface area contributed by atoms with Crippen molar-refractivity contribution in [1.82, 2.24) is 5.32 Å². The number of amides is 1. The van der Waals surface area contributed by atoms with Crippen LogP contribution in [0.15, 0.2) is 36.5 Å². The normalized spacial score (nSPS) is 18.8. The molecule has 1 aliphatic heterocycles. The third-order valence-corrected chi connectivity index (χ3v) is 16.5. The van der Waals surface area contributed by atoms with Crippen molar-refractivity contribution in [1.29, 1.82) is 0 Å². The minimum Gasteiger partial charge on any atom is -0.454 e. The summed E-state index contributed by atoms with van der Waals surface area (Å²) in [5.41, 5.74) is 0. The molecule has 1 saturated heterocycles. The van der Waals surface area contributed by atoms with Gasteiger partial charge < -0.3 is 45.1 Å². The predicted octanol–water partition coefficient (Wildman–Crippen LogP) is 17.4. The zero-order valence-electron chi connectivity index (χ0n) is 52.9. The van der Waals surface area contributed by atoms with Crippen LogP contribution in [0.4, 0.5) is 0 Å². The highest BCUT2D eigenvalue weighted by atomic mass is 16.7. The van der Waals surface area contributed by atoms with Crippen LogP contribution in [0.3, 0.4) is 0 Å². The van der Waals surface area contributed by atoms with E-state index < -0.39 is 67.4 Å². The van der Waals surface area contributed by atoms with Crippen LogP contribution >= 0.6 is 0 Å². The molecule has 0 aromatic heterocycles. The summed E-state index contributed by atoms with van der Waals surface area (Å²) in [6.07, 6.45) is 60.5. The molecule has 6 N–H and O–H groups in total. The Kier molecular flexibility index (Phi) is 55.3. The number of carbonyl (C=O) groups excluding carboxylic acids is 2. The number of carbonyl (C=O) groups is 2. The van der Waals surface area contributed by atoms with Crippen molar-refractivity contribution in [2.75, 3.05) is 13.2 Å². The van der Waals surface area contributed by atoms with Crippen LogP contribution in [0.5, 0.6) is 0 Å². The van der Waals surface area contributed by atoms with Crippen molar-refractivity contribution in [3.63, 3.8) is 0 Å². The minimum atomic E-state index is -1.61. The first-order valence-corrected chi connectivity index (χ1v) is 34.8. The lowest BCUT2D eigenvalue weighted by Gasteiger charge is -2.41. The maximum atomic E-state index is 13.4. The smallest absolute Gasteiger partial charge is 0.306 e. The van der Waals surface area contributed by atoms with Gasteiger partial charge >= 0.3 is 5.97 Å². The predicted molar refractivity (Wildman–Crippen MR) is 338 cm³/mol. The summed E-state index contributed by atoms with van der Waals surface area (Å²) in [6.45, 7) is 5.80. The molecule has 0 aromatic rings. The van der Waals surface area contributed by atoms with Gasteiger partial charge in [0.15, 0.2) is 12.4 Å². The molecule has 0 aromatic carbocycles. The molecule has 8 unspecified atom stereocenters. The first-order valence-electron chi connectivity index (χ1n) is 34.8. The van der Waals surface area contributed by atoms with Crippen LogP contribution in [-0.4, -0.2) is 99.6 Å². The molecule has 1 fully saturated rings. The van der Waals surface area contributed by atoms with E-state index in [0.29, 0.717) is 19.3 Å². The molecule has 0 radical (unpaired) electrons. The van der Waals surface area contributed by atoms with Crippen molar-refractivity contribution in [3.05, 3.63) is 36.5 Å². The monoisotopic (exact) mass is 1150 g/mol. The molecule has 8 atom stereocenters. The molecule has 476 valence electrons. The highest BCUT2D eigenvalue weighted by Crippen LogP contribution is 2.26. The van der Waals surface area contributed by atoms with Crippen LogP contribution in [0.2, 0.25) is 0 Å². The number of allylic oxidation sites excluding steroid dienone is 5. The maximum absolute atomic E-state index is 13.4. The van der Waals surface area contributed by atoms with Crippen LogP contribution in [0.1, 0.15) is 335 Å². The average molecular weight is 1150 g/mol. The third kappa shape index (κ3) is 45.9. The van der Waals surface area contributed by atoms with E-state index in [1.54, 1.807) is 6.08 Å². The number of hydrogen-bond donors (Lipinski definition) is 6. The summed E-state index contributed by atoms with van der Waals surface area (Å²) in [6, 6.07) is -1.02. The van der Waals surface area contributed by atoms with Gasteiger partial charge in [0.25, 0.3) is 0 Å². The number of nitrogens with one attached hydrogen (secondary N) is 1. The zero-order chi connectivity index (χ0) is 58.9. The van der Waals surface area contributed by atoms with E-state index in [0.717, 1.165) is 64.2 Å². The van der Waals surface area contributed by atoms with Crippen LogP contribution in [-0.2, 0) is 23.8 Å². The van der Waals surface area contributed by atoms with Gasteiger partial charge in [-0.2, -0.15) is 0 Å². The number of hydrogen-bond acceptors (Lipinski definition) is 10. The Bertz CT molecular complexity index is 1460. The molecule has 1 heterocycles. The van der Waals surface area contributed by atoms with Gasteiger partial charge in [0.2, 0.25) is 5.91 Å². The Morgan fingerprint density at radius 2 is 0.852 bits per heavy atom. The Morgan fingerprint density at radius 3 is 1.28 bits per heavy atom. The van der Waals surface area contributed by atoms with E-state index in [4.69, 9.17) is 14.2 Å². The highest BCUT2D eigenvalue weighted by Gasteiger charge is 2.47. The van der Waals surface area contributed by atoms with E-state index in [2.05, 4.69) is 50.4 Å². The molecule has 0 bridgehead atoms. The fourth-order valence-electron chi connectivity index (χ4n) is 11.0. The summed E-state index contributed by atoms with van der Waals surface area (Å²) in [4.78, 5) is 26.6. The average Bonchev–Trinajstić information content (AvgIpc) is 3.52. The van der Waals surface area contributed by atoms with E-state index >= 15 is 0 Å². The summed E-state index contributed by atoms with van der Waals surface area (Å²) < 4.78 is 17.7. The number of ether oxygens (including phenoxy) is 3. The third-order valence-electron chi connectivity index (χ3n) is 16.5. The molecule has 0 aliphatic carbocycles. The van der Waals surface area contributed by atoms with Gasteiger partial charge in [-0.1, -0.05) is 308 Å². The Hall–Kier alpha value is -2.12. The van der Waals surface area contributed by atoms with Crippen molar-refractivity contribution in [2.45, 2.75) is 384 Å². The lowest BCUT2D eigenvalue weighted by Crippen LogP contribution is -2.61. The van der Waals surface area contributed by atoms with E-state index in [1.165, 1.54) is 225 Å². The van der Waals surface area contributed by atoms with E-state index in [9.17, 15) is 35.1 Å². The Balaban J connectivity index is 2.54. The molecule has 1 aliphatic rings. The molecule has 1 rings (SSSR count). The molecule has 1 amide bonds. The van der Waals surface area contributed by atoms with Crippen LogP contribution in [0, 0.1) is 0 Å². The minimum absolute atomic E-state index is 0.127. The zero-order valence-corrected chi connectivity index (χ0v) is 52.9. The lowest BCUT2D eigenvalue weighted by molar-refractivity contribution is -0.305. The second-order valence-corrected chi connectivity index (χ2v) is 24.3. The van der Waals surface area contributed by atoms with Gasteiger partial charge in [-0.15, -0.1) is 0 Å². The number of aliphatic hydroxyl groups is 5. The summed E-state index contributed by atoms with van der Waals surface area (Å²) >= 11 is 0. The number of aliphatic hydroxyl groups excluding tert-OH is 5. The fraction of sp³-hybridized carbons (Fsp3) is 0.886. The van der Waals surface area contributed by atoms with Crippen molar-refractivity contribution >= 4 is 11.9 Å². The second kappa shape index (κ2) is 58.3. The molecule has 11 nitrogen and oxygen atoms in total. The van der Waals surface area contributed by atoms with Crippen molar-refractivity contribution < 1.29 is 49.3 Å². The van der Waals surface area contributed by atoms with Gasteiger partial charge in [-0.25, -0.2) is 0 Å². The van der Waals surface area contributed by atoms with Crippen LogP contribution < -0.4 is 5.32 Å². The standard InChI is InChI=1S/C70H131NO10/c1-4-7-10-13-16-19-22-24-26-28-29-30-31-32-33-34-35-36-38-40-43-46-49-52-55-58-65(75)81-68-67(77)66(76)64(59-72)80-70(68)79-60-61(62(73)56-53-50-47-44-41-21-18-15-12-9-6-3)71-69(78)63(74)57-54-51-48-45-42-39-37-27-25-23-20-17-14-11-8-5-2/h16,19,24,26,53,56,61-64,66-68,70,72-74,76-77H,4-15,17-18,20-23,25,27-52,54-55,57-60H2,1-3H3,(H,71,78)/b19-16-,26-24-,56-53+. The van der Waals surface area contributed by atoms with Gasteiger partial charge in [0.05, 0.1) is 25.4 Å². The van der Waals surface area contributed by atoms with E-state index in [1.807, 2.05) is 6.08 Å². The first-order chi connectivity index (χ1) is 39.7.